The molecular weight excluding hydrogens is 1310 g/mol. The molecule has 0 aromatic carbocycles. The first-order valence-electron chi connectivity index (χ1n) is 33.7. The van der Waals surface area contributed by atoms with Crippen molar-refractivity contribution in [1.29, 1.82) is 0 Å². The molecule has 0 aliphatic carbocycles. The van der Waals surface area contributed by atoms with E-state index in [2.05, 4.69) is 105 Å². The molecule has 12 aromatic heterocycles. The lowest BCUT2D eigenvalue weighted by molar-refractivity contribution is 0.0302. The van der Waals surface area contributed by atoms with Gasteiger partial charge in [-0.15, -0.1) is 20.4 Å². The Morgan fingerprint density at radius 3 is 1.11 bits per heavy atom. The Morgan fingerprint density at radius 1 is 0.427 bits per heavy atom. The van der Waals surface area contributed by atoms with Crippen LogP contribution in [0.5, 0.6) is 0 Å². The van der Waals surface area contributed by atoms with Crippen LogP contribution < -0.4 is 33.6 Å². The van der Waals surface area contributed by atoms with Crippen molar-refractivity contribution in [2.45, 2.75) is 12.8 Å². The molecule has 0 unspecified atom stereocenters. The van der Waals surface area contributed by atoms with Crippen LogP contribution in [0.4, 0.5) is 23.3 Å². The molecule has 0 atom stereocenters. The van der Waals surface area contributed by atoms with Gasteiger partial charge in [-0.3, -0.25) is 39.1 Å². The fourth-order valence-electron chi connectivity index (χ4n) is 11.8. The highest BCUT2D eigenvalue weighted by Crippen LogP contribution is 2.31. The lowest BCUT2D eigenvalue weighted by atomic mass is 10.2. The third kappa shape index (κ3) is 17.1. The number of hydrogen-bond acceptors (Lipinski definition) is 25. The molecule has 3 aliphatic heterocycles. The minimum atomic E-state index is -0.179. The summed E-state index contributed by atoms with van der Waals surface area (Å²) in [7, 11) is 8.21. The van der Waals surface area contributed by atoms with E-state index in [1.807, 2.05) is 91.8 Å². The number of nitrogen functional groups attached to an aromatic ring is 4. The summed E-state index contributed by atoms with van der Waals surface area (Å²) in [5, 5.41) is 23.0. The minimum absolute atomic E-state index is 0.0315. The van der Waals surface area contributed by atoms with Crippen LogP contribution in [0.3, 0.4) is 0 Å². The van der Waals surface area contributed by atoms with Crippen molar-refractivity contribution >= 4 is 69.5 Å². The zero-order chi connectivity index (χ0) is 71.9. The molecule has 33 nitrogen and oxygen atoms in total. The second-order valence-electron chi connectivity index (χ2n) is 25.0. The van der Waals surface area contributed by atoms with Crippen LogP contribution in [0.25, 0.3) is 67.6 Å². The number of amides is 4. The number of ether oxygens (including phenoxy) is 1. The SMILES string of the molecule is CN(C)CCCNC(=O)c1cnc2c(-c3ccccn3)c(N)nn2c1.CN1CCN(C(=O)c2cnc3c(-c4ccccn4)c(N)nn3c2)CC1.CN1CCN(CCCNC(=O)c2cnc3c(-c4ccccn4)c(N)nn3c2)CC1.Nc1nn2cc(C(=O)N3CCOCC3)cnc2c1-c1ccccn1. The lowest BCUT2D eigenvalue weighted by Crippen LogP contribution is -2.47. The van der Waals surface area contributed by atoms with Crippen LogP contribution >= 0.6 is 0 Å². The third-order valence-electron chi connectivity index (χ3n) is 17.4. The molecule has 3 saturated heterocycles. The maximum Gasteiger partial charge on any atom is 0.257 e. The van der Waals surface area contributed by atoms with Crippen LogP contribution in [-0.2, 0) is 4.74 Å². The monoisotopic (exact) mass is 1390 g/mol. The first-order valence-corrected chi connectivity index (χ1v) is 33.7. The van der Waals surface area contributed by atoms with Crippen molar-refractivity contribution in [2.75, 3.05) is 156 Å². The summed E-state index contributed by atoms with van der Waals surface area (Å²) in [6, 6.07) is 22.3. The zero-order valence-corrected chi connectivity index (χ0v) is 57.8. The number of hydrogen-bond donors (Lipinski definition) is 6. The van der Waals surface area contributed by atoms with Gasteiger partial charge in [0, 0.05) is 153 Å². The number of nitrogens with zero attached hydrogens (tertiary/aromatic N) is 22. The number of rotatable bonds is 16. The highest BCUT2D eigenvalue weighted by atomic mass is 16.5. The van der Waals surface area contributed by atoms with Crippen molar-refractivity contribution in [3.8, 4) is 45.0 Å². The van der Waals surface area contributed by atoms with Gasteiger partial charge in [-0.25, -0.2) is 38.0 Å². The molecule has 0 bridgehead atoms. The fraction of sp³-hybridized carbons (Fsp3) is 0.314. The van der Waals surface area contributed by atoms with E-state index >= 15 is 0 Å². The van der Waals surface area contributed by atoms with E-state index in [0.717, 1.165) is 65.2 Å². The van der Waals surface area contributed by atoms with E-state index < -0.39 is 0 Å². The molecule has 33 heteroatoms. The highest BCUT2D eigenvalue weighted by molar-refractivity contribution is 5.97. The normalized spacial score (nSPS) is 14.4. The highest BCUT2D eigenvalue weighted by Gasteiger charge is 2.26. The van der Waals surface area contributed by atoms with Crippen LogP contribution in [0.1, 0.15) is 54.3 Å². The molecule has 0 saturated carbocycles. The number of piperazine rings is 2. The maximum atomic E-state index is 12.7. The molecule has 0 radical (unpaired) electrons. The number of carbonyl (C=O) groups excluding carboxylic acids is 4. The molecule has 3 fully saturated rings. The van der Waals surface area contributed by atoms with Crippen molar-refractivity contribution in [2.24, 2.45) is 0 Å². The summed E-state index contributed by atoms with van der Waals surface area (Å²) in [5.74, 6) is 0.883. The molecule has 15 heterocycles. The minimum Gasteiger partial charge on any atom is -0.382 e. The predicted octanol–water partition coefficient (Wildman–Crippen LogP) is 3.40. The smallest absolute Gasteiger partial charge is 0.257 e. The molecular formula is C70H82N28O5. The average molecular weight is 1400 g/mol. The van der Waals surface area contributed by atoms with E-state index in [1.165, 1.54) is 15.2 Å². The second kappa shape index (κ2) is 33.0. The van der Waals surface area contributed by atoms with Crippen molar-refractivity contribution < 1.29 is 23.9 Å². The second-order valence-corrected chi connectivity index (χ2v) is 25.0. The average Bonchev–Trinajstić information content (AvgIpc) is 1.67. The maximum absolute atomic E-state index is 12.7. The summed E-state index contributed by atoms with van der Waals surface area (Å²) >= 11 is 0. The van der Waals surface area contributed by atoms with Gasteiger partial charge in [0.1, 0.15) is 0 Å². The predicted molar refractivity (Wildman–Crippen MR) is 389 cm³/mol. The van der Waals surface area contributed by atoms with E-state index in [4.69, 9.17) is 27.7 Å². The van der Waals surface area contributed by atoms with Crippen molar-refractivity contribution in [3.63, 3.8) is 0 Å². The standard InChI is InChI=1S/C20H26N8O.C17H19N7O.C17H21N7O.C16H16N6O2/c1-26-9-11-27(12-10-26)8-4-7-23-20(29)15-13-24-19-17(16-5-2-3-6-22-16)18(21)25-28(19)14-15;1-22-6-8-23(9-7-22)17(25)12-10-20-16-14(13-4-2-3-5-19-13)15(18)21-24(16)11-12;1-23(2)9-5-8-20-17(25)12-10-21-16-14(13-6-3-4-7-19-13)15(18)22-24(16)11-12;17-14-13(12-3-1-2-4-18-12)15-19-9-11(10-22(15)20-14)16(23)21-5-7-24-8-6-21/h2-3,5-6,13-14H,4,7-12H2,1H3,(H2,21,25)(H,23,29);2-5,10-11H,6-9H2,1H3,(H2,18,21);3-4,6-7,10-11H,5,8-9H2,1-2H3,(H2,18,22)(H,20,25);1-4,9-10H,5-8H2,(H2,17,20). The summed E-state index contributed by atoms with van der Waals surface area (Å²) in [6.45, 7) is 13.0. The van der Waals surface area contributed by atoms with Crippen LogP contribution in [0.15, 0.2) is 147 Å². The zero-order valence-electron chi connectivity index (χ0n) is 57.8. The van der Waals surface area contributed by atoms with E-state index in [0.29, 0.717) is 166 Å². The van der Waals surface area contributed by atoms with Gasteiger partial charge < -0.3 is 67.7 Å². The molecule has 532 valence electrons. The molecule has 4 amide bonds. The van der Waals surface area contributed by atoms with Gasteiger partial charge in [-0.1, -0.05) is 24.3 Å². The first-order chi connectivity index (χ1) is 50.0. The number of likely N-dealkylation sites (N-methyl/N-ethyl adjacent to an activating group) is 2. The molecule has 15 rings (SSSR count). The summed E-state index contributed by atoms with van der Waals surface area (Å²) < 4.78 is 11.4. The van der Waals surface area contributed by atoms with Crippen LogP contribution in [-0.4, -0.2) is 264 Å². The molecule has 0 spiro atoms. The molecule has 103 heavy (non-hydrogen) atoms. The van der Waals surface area contributed by atoms with Crippen molar-refractivity contribution in [1.82, 2.24) is 118 Å². The quantitative estimate of drug-likeness (QED) is 0.0755. The fourth-order valence-corrected chi connectivity index (χ4v) is 11.8. The van der Waals surface area contributed by atoms with Gasteiger partial charge in [0.05, 0.1) is 80.5 Å². The number of pyridine rings is 4. The molecule has 3 aliphatic rings. The Morgan fingerprint density at radius 2 is 0.757 bits per heavy atom. The lowest BCUT2D eigenvalue weighted by Gasteiger charge is -2.32. The Labute approximate surface area is 592 Å². The Hall–Kier alpha value is -12.0. The largest absolute Gasteiger partial charge is 0.382 e. The third-order valence-corrected chi connectivity index (χ3v) is 17.4. The Balaban J connectivity index is 0.000000130. The van der Waals surface area contributed by atoms with Crippen LogP contribution in [0.2, 0.25) is 0 Å². The van der Waals surface area contributed by atoms with Crippen molar-refractivity contribution in [3.05, 3.63) is 169 Å². The number of fused-ring (bicyclic) bond motifs is 4. The number of nitrogens with two attached hydrogens (primary N) is 4. The summed E-state index contributed by atoms with van der Waals surface area (Å²) in [6.07, 6.45) is 21.4. The number of aromatic nitrogens is 16. The van der Waals surface area contributed by atoms with Gasteiger partial charge in [-0.2, -0.15) is 0 Å². The van der Waals surface area contributed by atoms with Gasteiger partial charge in [-0.05, 0) is 103 Å². The Bertz CT molecular complexity index is 4880. The van der Waals surface area contributed by atoms with Crippen LogP contribution in [0, 0.1) is 0 Å². The summed E-state index contributed by atoms with van der Waals surface area (Å²) in [5.41, 5.74) is 33.8. The van der Waals surface area contributed by atoms with Gasteiger partial charge in [0.2, 0.25) is 0 Å². The molecule has 12 aromatic rings. The van der Waals surface area contributed by atoms with Gasteiger partial charge in [0.25, 0.3) is 23.6 Å². The Kier molecular flexibility index (Phi) is 22.7. The number of nitrogens with one attached hydrogen (secondary N) is 2. The van der Waals surface area contributed by atoms with E-state index in [-0.39, 0.29) is 23.6 Å². The van der Waals surface area contributed by atoms with E-state index in [1.54, 1.807) is 82.1 Å². The summed E-state index contributed by atoms with van der Waals surface area (Å²) in [4.78, 5) is 97.5. The topological polar surface area (TPSA) is 397 Å². The van der Waals surface area contributed by atoms with Gasteiger partial charge >= 0.3 is 0 Å². The van der Waals surface area contributed by atoms with E-state index in [9.17, 15) is 19.2 Å². The first kappa shape index (κ1) is 70.8. The molecule has 10 N–H and O–H groups in total. The number of carbonyl (C=O) groups is 4. The van der Waals surface area contributed by atoms with Gasteiger partial charge in [0.15, 0.2) is 45.9 Å². The number of morpholine rings is 1. The number of anilines is 4.